The van der Waals surface area contributed by atoms with Gasteiger partial charge in [-0.25, -0.2) is 0 Å². The van der Waals surface area contributed by atoms with Crippen LogP contribution in [0, 0.1) is 0 Å². The highest BCUT2D eigenvalue weighted by Gasteiger charge is 2.15. The van der Waals surface area contributed by atoms with Gasteiger partial charge >= 0.3 is 0 Å². The van der Waals surface area contributed by atoms with Crippen LogP contribution in [0.4, 0.5) is 0 Å². The second-order valence-electron chi connectivity index (χ2n) is 10.3. The highest BCUT2D eigenvalue weighted by molar-refractivity contribution is 7.29. The first-order valence-corrected chi connectivity index (χ1v) is 17.9. The summed E-state index contributed by atoms with van der Waals surface area (Å²) < 4.78 is 0. The monoisotopic (exact) mass is 608 g/mol. The van der Waals surface area contributed by atoms with E-state index in [1.54, 1.807) is 45.3 Å². The van der Waals surface area contributed by atoms with E-state index < -0.39 is 0 Å². The van der Waals surface area contributed by atoms with Crippen LogP contribution in [-0.4, -0.2) is 11.6 Å². The fraction of sp³-hybridized carbons (Fsp3) is 0.412. The van der Waals surface area contributed by atoms with Crippen molar-refractivity contribution in [3.05, 3.63) is 70.9 Å². The van der Waals surface area contributed by atoms with Crippen molar-refractivity contribution in [3.63, 3.8) is 0 Å². The summed E-state index contributed by atoms with van der Waals surface area (Å²) in [5.41, 5.74) is 0. The van der Waals surface area contributed by atoms with Gasteiger partial charge in [-0.15, -0.1) is 51.9 Å². The van der Waals surface area contributed by atoms with Crippen molar-refractivity contribution in [2.75, 3.05) is 0 Å². The van der Waals surface area contributed by atoms with Crippen LogP contribution in [-0.2, 0) is 0 Å². The number of rotatable bonds is 19. The molecule has 0 aliphatic carbocycles. The average Bonchev–Trinajstić information content (AvgIpc) is 3.77. The Morgan fingerprint density at radius 1 is 0.550 bits per heavy atom. The number of hydrogen-bond donors (Lipinski definition) is 0. The fourth-order valence-corrected chi connectivity index (χ4v) is 8.92. The molecule has 4 rings (SSSR count). The van der Waals surface area contributed by atoms with Crippen molar-refractivity contribution in [1.29, 1.82) is 0 Å². The molecule has 0 unspecified atom stereocenters. The van der Waals surface area contributed by atoms with Gasteiger partial charge in [-0.3, -0.25) is 9.59 Å². The lowest BCUT2D eigenvalue weighted by molar-refractivity contribution is 0.0975. The van der Waals surface area contributed by atoms with Gasteiger partial charge in [-0.2, -0.15) is 0 Å². The third-order valence-corrected chi connectivity index (χ3v) is 12.0. The van der Waals surface area contributed by atoms with Crippen LogP contribution in [0.3, 0.4) is 0 Å². The molecule has 0 fully saturated rings. The van der Waals surface area contributed by atoms with Crippen molar-refractivity contribution in [2.45, 2.75) is 90.4 Å². The van der Waals surface area contributed by atoms with Crippen LogP contribution in [0.1, 0.15) is 110 Å². The quantitative estimate of drug-likeness (QED) is 0.0603. The van der Waals surface area contributed by atoms with Gasteiger partial charge in [0, 0.05) is 42.1 Å². The molecule has 40 heavy (non-hydrogen) atoms. The molecule has 0 saturated heterocycles. The van der Waals surface area contributed by atoms with Crippen LogP contribution >= 0.6 is 45.3 Å². The van der Waals surface area contributed by atoms with Gasteiger partial charge in [0.15, 0.2) is 11.6 Å². The zero-order valence-corrected chi connectivity index (χ0v) is 26.8. The molecular weight excluding hydrogens is 569 g/mol. The van der Waals surface area contributed by atoms with Crippen LogP contribution in [0.5, 0.6) is 0 Å². The molecule has 0 atom stereocenters. The van der Waals surface area contributed by atoms with Gasteiger partial charge in [0.2, 0.25) is 0 Å². The Morgan fingerprint density at radius 2 is 0.925 bits per heavy atom. The predicted octanol–water partition coefficient (Wildman–Crippen LogP) is 12.6. The summed E-state index contributed by atoms with van der Waals surface area (Å²) in [5.74, 6) is 0.549. The Balaban J connectivity index is 1.29. The number of allylic oxidation sites excluding steroid dienone is 1. The van der Waals surface area contributed by atoms with E-state index in [0.717, 1.165) is 41.9 Å². The smallest absolute Gasteiger partial charge is 0.172 e. The molecular formula is C34H40O2S4. The Morgan fingerprint density at radius 3 is 1.38 bits per heavy atom. The summed E-state index contributed by atoms with van der Waals surface area (Å²) in [5, 5.41) is 0. The molecule has 0 aliphatic heterocycles. The van der Waals surface area contributed by atoms with Gasteiger partial charge in [-0.1, -0.05) is 57.9 Å². The van der Waals surface area contributed by atoms with E-state index in [9.17, 15) is 9.59 Å². The standard InChI is InChI=1S/C34H40O2S4/c1-3-5-7-9-10-11-12-14-16-26(36)28-18-20-30(38-28)32-22-24-34(40-32)33-23-21-31(39-33)29-19-17-27(37-29)25(35)15-13-8-6-4-2/h3,17-24H,1,4-16H2,2H3. The fourth-order valence-electron chi connectivity index (χ4n) is 4.69. The maximum Gasteiger partial charge on any atom is 0.172 e. The summed E-state index contributed by atoms with van der Waals surface area (Å²) >= 11 is 6.80. The molecule has 4 heterocycles. The summed E-state index contributed by atoms with van der Waals surface area (Å²) in [6.07, 6.45) is 16.0. The molecule has 0 aliphatic rings. The van der Waals surface area contributed by atoms with E-state index >= 15 is 0 Å². The van der Waals surface area contributed by atoms with E-state index in [1.807, 2.05) is 18.2 Å². The first-order chi connectivity index (χ1) is 19.6. The second-order valence-corrected chi connectivity index (χ2v) is 14.6. The van der Waals surface area contributed by atoms with Crippen LogP contribution in [0.2, 0.25) is 0 Å². The van der Waals surface area contributed by atoms with E-state index in [-0.39, 0.29) is 11.6 Å². The minimum absolute atomic E-state index is 0.274. The average molecular weight is 609 g/mol. The summed E-state index contributed by atoms with van der Waals surface area (Å²) in [6, 6.07) is 16.9. The third-order valence-electron chi connectivity index (χ3n) is 7.02. The van der Waals surface area contributed by atoms with E-state index in [0.29, 0.717) is 12.8 Å². The number of carbonyl (C=O) groups is 2. The Hall–Kier alpha value is -2.12. The Kier molecular flexibility index (Phi) is 12.6. The number of thiophene rings is 4. The van der Waals surface area contributed by atoms with Gasteiger partial charge in [-0.05, 0) is 74.2 Å². The highest BCUT2D eigenvalue weighted by Crippen LogP contribution is 2.43. The molecule has 0 bridgehead atoms. The van der Waals surface area contributed by atoms with Gasteiger partial charge in [0.25, 0.3) is 0 Å². The Bertz CT molecular complexity index is 1370. The van der Waals surface area contributed by atoms with E-state index in [4.69, 9.17) is 0 Å². The van der Waals surface area contributed by atoms with Crippen LogP contribution in [0.25, 0.3) is 29.3 Å². The van der Waals surface area contributed by atoms with Crippen molar-refractivity contribution in [3.8, 4) is 29.3 Å². The molecule has 0 spiro atoms. The number of unbranched alkanes of at least 4 members (excludes halogenated alkanes) is 9. The zero-order valence-electron chi connectivity index (χ0n) is 23.5. The molecule has 4 aromatic heterocycles. The predicted molar refractivity (Wildman–Crippen MR) is 179 cm³/mol. The zero-order chi connectivity index (χ0) is 28.2. The topological polar surface area (TPSA) is 34.1 Å². The SMILES string of the molecule is C=CCCCCCCCCC(=O)c1ccc(-c2ccc(-c3ccc(-c4ccc(C(=O)CCCCCC)s4)s3)s2)s1. The maximum absolute atomic E-state index is 12.7. The lowest BCUT2D eigenvalue weighted by Crippen LogP contribution is -1.95. The first-order valence-electron chi connectivity index (χ1n) is 14.7. The van der Waals surface area contributed by atoms with Crippen LogP contribution < -0.4 is 0 Å². The minimum Gasteiger partial charge on any atom is -0.293 e. The maximum atomic E-state index is 12.7. The largest absolute Gasteiger partial charge is 0.293 e. The third kappa shape index (κ3) is 8.94. The summed E-state index contributed by atoms with van der Waals surface area (Å²) in [6.45, 7) is 5.97. The van der Waals surface area contributed by atoms with Crippen molar-refractivity contribution in [2.24, 2.45) is 0 Å². The van der Waals surface area contributed by atoms with Gasteiger partial charge < -0.3 is 0 Å². The molecule has 0 N–H and O–H groups in total. The first kappa shape index (κ1) is 30.8. The lowest BCUT2D eigenvalue weighted by atomic mass is 10.1. The summed E-state index contributed by atoms with van der Waals surface area (Å²) in [4.78, 5) is 34.3. The molecule has 212 valence electrons. The summed E-state index contributed by atoms with van der Waals surface area (Å²) in [7, 11) is 0. The molecule has 2 nitrogen and oxygen atoms in total. The number of carbonyl (C=O) groups excluding carboxylic acids is 2. The molecule has 0 saturated carbocycles. The molecule has 0 radical (unpaired) electrons. The van der Waals surface area contributed by atoms with Gasteiger partial charge in [0.05, 0.1) is 9.75 Å². The van der Waals surface area contributed by atoms with E-state index in [1.165, 1.54) is 67.8 Å². The van der Waals surface area contributed by atoms with Crippen LogP contribution in [0.15, 0.2) is 61.2 Å². The second kappa shape index (κ2) is 16.4. The number of ketones is 2. The number of hydrogen-bond acceptors (Lipinski definition) is 6. The lowest BCUT2D eigenvalue weighted by Gasteiger charge is -2.00. The molecule has 0 amide bonds. The van der Waals surface area contributed by atoms with Crippen molar-refractivity contribution < 1.29 is 9.59 Å². The van der Waals surface area contributed by atoms with Gasteiger partial charge in [0.1, 0.15) is 0 Å². The van der Waals surface area contributed by atoms with Crippen molar-refractivity contribution >= 4 is 56.9 Å². The van der Waals surface area contributed by atoms with Crippen molar-refractivity contribution in [1.82, 2.24) is 0 Å². The number of Topliss-reactive ketones (excluding diaryl/α,β-unsaturated/α-hetero) is 2. The molecule has 6 heteroatoms. The normalized spacial score (nSPS) is 11.2. The van der Waals surface area contributed by atoms with E-state index in [2.05, 4.69) is 49.9 Å². The Labute approximate surface area is 255 Å². The highest BCUT2D eigenvalue weighted by atomic mass is 32.1. The molecule has 4 aromatic rings. The molecule has 0 aromatic carbocycles. The minimum atomic E-state index is 0.274.